The summed E-state index contributed by atoms with van der Waals surface area (Å²) in [5.41, 5.74) is 6.60. The molecule has 1 unspecified atom stereocenters. The maximum absolute atomic E-state index is 5.95. The third-order valence-corrected chi connectivity index (χ3v) is 4.60. The van der Waals surface area contributed by atoms with Gasteiger partial charge >= 0.3 is 0 Å². The topological polar surface area (TPSA) is 21.3 Å². The molecule has 0 radical (unpaired) electrons. The Bertz CT molecular complexity index is 677. The zero-order valence-electron chi connectivity index (χ0n) is 12.5. The maximum atomic E-state index is 5.95. The van der Waals surface area contributed by atoms with Crippen LogP contribution in [-0.2, 0) is 12.8 Å². The lowest BCUT2D eigenvalue weighted by atomic mass is 9.93. The molecule has 2 heteroatoms. The van der Waals surface area contributed by atoms with Crippen molar-refractivity contribution in [3.8, 4) is 16.9 Å². The zero-order chi connectivity index (χ0) is 14.2. The van der Waals surface area contributed by atoms with Gasteiger partial charge in [0.2, 0.25) is 0 Å². The molecule has 0 amide bonds. The van der Waals surface area contributed by atoms with E-state index in [0.717, 1.165) is 31.6 Å². The second-order valence-corrected chi connectivity index (χ2v) is 6.20. The van der Waals surface area contributed by atoms with Crippen molar-refractivity contribution in [2.75, 3.05) is 11.9 Å². The normalized spacial score (nSPS) is 20.0. The van der Waals surface area contributed by atoms with E-state index in [2.05, 4.69) is 48.6 Å². The summed E-state index contributed by atoms with van der Waals surface area (Å²) in [6.07, 6.45) is 4.63. The van der Waals surface area contributed by atoms with E-state index in [9.17, 15) is 0 Å². The Morgan fingerprint density at radius 1 is 1.10 bits per heavy atom. The first-order valence-electron chi connectivity index (χ1n) is 7.96. The molecule has 0 aromatic heterocycles. The average Bonchev–Trinajstić information content (AvgIpc) is 2.54. The Balaban J connectivity index is 1.77. The molecule has 0 fully saturated rings. The molecule has 0 saturated carbocycles. The molecule has 2 aliphatic heterocycles. The molecule has 2 aromatic carbocycles. The minimum Gasteiger partial charge on any atom is -0.493 e. The van der Waals surface area contributed by atoms with E-state index in [1.807, 2.05) is 0 Å². The number of rotatable bonds is 1. The molecule has 108 valence electrons. The number of aryl methyl sites for hydroxylation is 2. The Morgan fingerprint density at radius 2 is 2.05 bits per heavy atom. The van der Waals surface area contributed by atoms with Gasteiger partial charge in [0.15, 0.2) is 0 Å². The van der Waals surface area contributed by atoms with Crippen molar-refractivity contribution < 1.29 is 4.74 Å². The summed E-state index contributed by atoms with van der Waals surface area (Å²) >= 11 is 0. The smallest absolute Gasteiger partial charge is 0.130 e. The van der Waals surface area contributed by atoms with Gasteiger partial charge < -0.3 is 10.1 Å². The van der Waals surface area contributed by atoms with Crippen molar-refractivity contribution in [2.24, 2.45) is 0 Å². The summed E-state index contributed by atoms with van der Waals surface area (Å²) < 4.78 is 5.95. The number of ether oxygens (including phenoxy) is 1. The molecule has 1 N–H and O–H groups in total. The summed E-state index contributed by atoms with van der Waals surface area (Å²) in [5.74, 6) is 1.10. The average molecular weight is 279 g/mol. The van der Waals surface area contributed by atoms with Crippen LogP contribution < -0.4 is 10.1 Å². The highest BCUT2D eigenvalue weighted by Gasteiger charge is 2.18. The van der Waals surface area contributed by atoms with Crippen LogP contribution in [0.25, 0.3) is 11.1 Å². The Labute approximate surface area is 126 Å². The minimum atomic E-state index is 0.580. The minimum absolute atomic E-state index is 0.580. The van der Waals surface area contributed by atoms with Gasteiger partial charge in [0.1, 0.15) is 5.75 Å². The molecule has 2 aromatic rings. The van der Waals surface area contributed by atoms with Crippen LogP contribution in [0.2, 0.25) is 0 Å². The predicted octanol–water partition coefficient (Wildman–Crippen LogP) is 4.43. The quantitative estimate of drug-likeness (QED) is 0.834. The summed E-state index contributed by atoms with van der Waals surface area (Å²) in [7, 11) is 0. The van der Waals surface area contributed by atoms with Gasteiger partial charge in [-0.25, -0.2) is 0 Å². The summed E-state index contributed by atoms with van der Waals surface area (Å²) in [6.45, 7) is 3.09. The van der Waals surface area contributed by atoms with Gasteiger partial charge in [0.05, 0.1) is 6.61 Å². The molecule has 0 spiro atoms. The van der Waals surface area contributed by atoms with Gasteiger partial charge in [-0.3, -0.25) is 0 Å². The highest BCUT2D eigenvalue weighted by Crippen LogP contribution is 2.38. The van der Waals surface area contributed by atoms with Gasteiger partial charge in [-0.1, -0.05) is 24.3 Å². The molecule has 0 aliphatic carbocycles. The van der Waals surface area contributed by atoms with Gasteiger partial charge in [-0.05, 0) is 61.4 Å². The van der Waals surface area contributed by atoms with E-state index in [1.54, 1.807) is 0 Å². The fourth-order valence-corrected chi connectivity index (χ4v) is 3.43. The van der Waals surface area contributed by atoms with Crippen LogP contribution in [0.15, 0.2) is 36.4 Å². The first kappa shape index (κ1) is 12.8. The molecule has 1 atom stereocenters. The van der Waals surface area contributed by atoms with Crippen molar-refractivity contribution in [3.05, 3.63) is 47.5 Å². The highest BCUT2D eigenvalue weighted by atomic mass is 16.5. The monoisotopic (exact) mass is 279 g/mol. The summed E-state index contributed by atoms with van der Waals surface area (Å²) in [5, 5.41) is 3.57. The number of para-hydroxylation sites is 1. The van der Waals surface area contributed by atoms with Crippen molar-refractivity contribution in [1.82, 2.24) is 0 Å². The van der Waals surface area contributed by atoms with E-state index in [4.69, 9.17) is 4.74 Å². The van der Waals surface area contributed by atoms with Crippen LogP contribution in [0.1, 0.15) is 30.9 Å². The summed E-state index contributed by atoms with van der Waals surface area (Å²) in [6, 6.07) is 13.9. The number of hydrogen-bond acceptors (Lipinski definition) is 2. The third-order valence-electron chi connectivity index (χ3n) is 4.60. The predicted molar refractivity (Wildman–Crippen MR) is 87.1 cm³/mol. The molecular formula is C19H21NO. The zero-order valence-corrected chi connectivity index (χ0v) is 12.5. The lowest BCUT2D eigenvalue weighted by Crippen LogP contribution is -2.21. The van der Waals surface area contributed by atoms with Crippen LogP contribution >= 0.6 is 0 Å². The highest BCUT2D eigenvalue weighted by molar-refractivity contribution is 5.75. The fraction of sp³-hybridized carbons (Fsp3) is 0.368. The molecule has 2 aliphatic rings. The Kier molecular flexibility index (Phi) is 3.10. The van der Waals surface area contributed by atoms with E-state index in [-0.39, 0.29) is 0 Å². The molecule has 0 bridgehead atoms. The lowest BCUT2D eigenvalue weighted by molar-refractivity contribution is 0.289. The number of fused-ring (bicyclic) bond motifs is 2. The van der Waals surface area contributed by atoms with Crippen molar-refractivity contribution >= 4 is 5.69 Å². The lowest BCUT2D eigenvalue weighted by Gasteiger charge is -2.25. The Hall–Kier alpha value is -1.96. The van der Waals surface area contributed by atoms with Crippen molar-refractivity contribution in [2.45, 2.75) is 38.6 Å². The molecule has 2 heterocycles. The van der Waals surface area contributed by atoms with Crippen LogP contribution in [0.4, 0.5) is 5.69 Å². The molecule has 2 nitrogen and oxygen atoms in total. The van der Waals surface area contributed by atoms with Crippen LogP contribution in [0.3, 0.4) is 0 Å². The van der Waals surface area contributed by atoms with E-state index in [0.29, 0.717) is 6.04 Å². The number of benzene rings is 2. The molecule has 21 heavy (non-hydrogen) atoms. The van der Waals surface area contributed by atoms with E-state index < -0.39 is 0 Å². The largest absolute Gasteiger partial charge is 0.493 e. The summed E-state index contributed by atoms with van der Waals surface area (Å²) in [4.78, 5) is 0. The number of nitrogens with one attached hydrogen (secondary N) is 1. The second kappa shape index (κ2) is 5.10. The molecule has 4 rings (SSSR count). The Morgan fingerprint density at radius 3 is 3.00 bits per heavy atom. The van der Waals surface area contributed by atoms with Gasteiger partial charge in [-0.15, -0.1) is 0 Å². The van der Waals surface area contributed by atoms with Gasteiger partial charge in [-0.2, -0.15) is 0 Å². The van der Waals surface area contributed by atoms with Crippen molar-refractivity contribution in [3.63, 3.8) is 0 Å². The third kappa shape index (κ3) is 2.29. The SMILES string of the molecule is CC1CCc2cc(-c3cccc4c3OCCC4)ccc2N1. The number of hydrogen-bond donors (Lipinski definition) is 1. The van der Waals surface area contributed by atoms with Crippen LogP contribution in [0, 0.1) is 0 Å². The van der Waals surface area contributed by atoms with Gasteiger partial charge in [0, 0.05) is 17.3 Å². The first-order valence-corrected chi connectivity index (χ1v) is 7.96. The maximum Gasteiger partial charge on any atom is 0.130 e. The van der Waals surface area contributed by atoms with Crippen LogP contribution in [0.5, 0.6) is 5.75 Å². The van der Waals surface area contributed by atoms with Gasteiger partial charge in [0.25, 0.3) is 0 Å². The van der Waals surface area contributed by atoms with E-state index in [1.165, 1.54) is 34.4 Å². The van der Waals surface area contributed by atoms with Crippen molar-refractivity contribution in [1.29, 1.82) is 0 Å². The van der Waals surface area contributed by atoms with E-state index >= 15 is 0 Å². The van der Waals surface area contributed by atoms with Crippen LogP contribution in [-0.4, -0.2) is 12.6 Å². The number of anilines is 1. The molecule has 0 saturated heterocycles. The first-order chi connectivity index (χ1) is 10.3. The molecular weight excluding hydrogens is 258 g/mol. The second-order valence-electron chi connectivity index (χ2n) is 6.20. The standard InChI is InChI=1S/C19H21NO/c1-13-7-8-16-12-15(9-10-18(16)20-13)17-6-2-4-14-5-3-11-21-19(14)17/h2,4,6,9-10,12-13,20H,3,5,7-8,11H2,1H3. The fourth-order valence-electron chi connectivity index (χ4n) is 3.43.